The predicted octanol–water partition coefficient (Wildman–Crippen LogP) is 1.58. The Morgan fingerprint density at radius 2 is 2.43 bits per heavy atom. The first-order valence-corrected chi connectivity index (χ1v) is 4.98. The first kappa shape index (κ1) is 11.0. The number of cyclic esters (lactones) is 1. The van der Waals surface area contributed by atoms with Crippen LogP contribution in [0, 0.1) is 0 Å². The van der Waals surface area contributed by atoms with Crippen LogP contribution in [0.1, 0.15) is 26.2 Å². The van der Waals surface area contributed by atoms with Gasteiger partial charge in [0.1, 0.15) is 6.10 Å². The maximum Gasteiger partial charge on any atom is 0.338 e. The molecule has 0 saturated heterocycles. The number of allylic oxidation sites excluding steroid dienone is 1. The Balaban J connectivity index is 2.43. The number of carbonyl (C=O) groups excluding carboxylic acids is 1. The minimum Gasteiger partial charge on any atom is -0.452 e. The van der Waals surface area contributed by atoms with Crippen LogP contribution in [0.25, 0.3) is 0 Å². The fourth-order valence-corrected chi connectivity index (χ4v) is 1.25. The SMILES string of the molecule is CCCC/C=C\C1=CC(CO)OC1=O. The zero-order valence-electron chi connectivity index (χ0n) is 8.40. The highest BCUT2D eigenvalue weighted by atomic mass is 16.6. The number of esters is 1. The molecule has 0 aliphatic carbocycles. The summed E-state index contributed by atoms with van der Waals surface area (Å²) in [4.78, 5) is 11.2. The topological polar surface area (TPSA) is 46.5 Å². The van der Waals surface area contributed by atoms with Gasteiger partial charge in [-0.1, -0.05) is 31.9 Å². The first-order valence-electron chi connectivity index (χ1n) is 4.98. The van der Waals surface area contributed by atoms with Crippen LogP contribution in [-0.4, -0.2) is 23.8 Å². The standard InChI is InChI=1S/C11H16O3/c1-2-3-4-5-6-9-7-10(8-12)14-11(9)13/h5-7,10,12H,2-4,8H2,1H3/b6-5-. The lowest BCUT2D eigenvalue weighted by molar-refractivity contribution is -0.140. The van der Waals surface area contributed by atoms with Crippen molar-refractivity contribution in [1.29, 1.82) is 0 Å². The number of aliphatic hydroxyl groups excluding tert-OH is 1. The van der Waals surface area contributed by atoms with Gasteiger partial charge in [0, 0.05) is 0 Å². The second kappa shape index (κ2) is 5.60. The molecule has 3 nitrogen and oxygen atoms in total. The van der Waals surface area contributed by atoms with E-state index in [1.807, 2.05) is 6.08 Å². The number of unbranched alkanes of at least 4 members (excludes halogenated alkanes) is 2. The fourth-order valence-electron chi connectivity index (χ4n) is 1.25. The summed E-state index contributed by atoms with van der Waals surface area (Å²) in [6.07, 6.45) is 8.20. The number of ether oxygens (including phenoxy) is 1. The number of hydrogen-bond acceptors (Lipinski definition) is 3. The molecule has 1 aliphatic heterocycles. The molecule has 0 spiro atoms. The van der Waals surface area contributed by atoms with E-state index in [9.17, 15) is 4.79 Å². The molecule has 3 heteroatoms. The van der Waals surface area contributed by atoms with Gasteiger partial charge in [0.05, 0.1) is 12.2 Å². The minimum absolute atomic E-state index is 0.141. The summed E-state index contributed by atoms with van der Waals surface area (Å²) in [5.41, 5.74) is 0.556. The third-order valence-electron chi connectivity index (χ3n) is 2.06. The van der Waals surface area contributed by atoms with E-state index in [2.05, 4.69) is 6.92 Å². The van der Waals surface area contributed by atoms with E-state index >= 15 is 0 Å². The third-order valence-corrected chi connectivity index (χ3v) is 2.06. The Kier molecular flexibility index (Phi) is 4.40. The van der Waals surface area contributed by atoms with E-state index in [4.69, 9.17) is 9.84 Å². The summed E-state index contributed by atoms with van der Waals surface area (Å²) in [5, 5.41) is 8.77. The molecule has 78 valence electrons. The molecule has 0 saturated carbocycles. The summed E-state index contributed by atoms with van der Waals surface area (Å²) < 4.78 is 4.85. The Morgan fingerprint density at radius 3 is 3.00 bits per heavy atom. The highest BCUT2D eigenvalue weighted by Crippen LogP contribution is 2.14. The lowest BCUT2D eigenvalue weighted by Crippen LogP contribution is -2.11. The van der Waals surface area contributed by atoms with Gasteiger partial charge in [-0.05, 0) is 12.5 Å². The van der Waals surface area contributed by atoms with Crippen molar-refractivity contribution in [3.05, 3.63) is 23.8 Å². The Hall–Kier alpha value is -1.09. The first-order chi connectivity index (χ1) is 6.77. The molecule has 1 heterocycles. The lowest BCUT2D eigenvalue weighted by atomic mass is 10.2. The molecule has 0 aromatic heterocycles. The van der Waals surface area contributed by atoms with Crippen LogP contribution in [0.5, 0.6) is 0 Å². The lowest BCUT2D eigenvalue weighted by Gasteiger charge is -2.00. The Morgan fingerprint density at radius 1 is 1.64 bits per heavy atom. The molecule has 1 N–H and O–H groups in total. The van der Waals surface area contributed by atoms with E-state index in [1.54, 1.807) is 12.2 Å². The quantitative estimate of drug-likeness (QED) is 0.536. The molecular weight excluding hydrogens is 180 g/mol. The molecule has 0 fully saturated rings. The van der Waals surface area contributed by atoms with Gasteiger partial charge in [0.2, 0.25) is 0 Å². The zero-order chi connectivity index (χ0) is 10.4. The number of aliphatic hydroxyl groups is 1. The van der Waals surface area contributed by atoms with Gasteiger partial charge in [0.15, 0.2) is 0 Å². The van der Waals surface area contributed by atoms with Crippen LogP contribution in [-0.2, 0) is 9.53 Å². The molecule has 1 rings (SSSR count). The van der Waals surface area contributed by atoms with E-state index in [1.165, 1.54) is 0 Å². The molecule has 14 heavy (non-hydrogen) atoms. The maximum atomic E-state index is 11.2. The number of carbonyl (C=O) groups is 1. The maximum absolute atomic E-state index is 11.2. The number of rotatable bonds is 5. The normalized spacial score (nSPS) is 21.4. The van der Waals surface area contributed by atoms with Gasteiger partial charge in [-0.15, -0.1) is 0 Å². The van der Waals surface area contributed by atoms with Gasteiger partial charge in [-0.2, -0.15) is 0 Å². The second-order valence-electron chi connectivity index (χ2n) is 3.29. The molecule has 1 atom stereocenters. The van der Waals surface area contributed by atoms with Crippen molar-refractivity contribution in [2.75, 3.05) is 6.61 Å². The number of hydrogen-bond donors (Lipinski definition) is 1. The Bertz CT molecular complexity index is 253. The molecule has 1 aliphatic rings. The monoisotopic (exact) mass is 196 g/mol. The van der Waals surface area contributed by atoms with Gasteiger partial charge in [0.25, 0.3) is 0 Å². The minimum atomic E-state index is -0.451. The summed E-state index contributed by atoms with van der Waals surface area (Å²) >= 11 is 0. The highest BCUT2D eigenvalue weighted by Gasteiger charge is 2.22. The van der Waals surface area contributed by atoms with Crippen molar-refractivity contribution < 1.29 is 14.6 Å². The van der Waals surface area contributed by atoms with Gasteiger partial charge in [-0.25, -0.2) is 4.79 Å². The molecule has 0 radical (unpaired) electrons. The van der Waals surface area contributed by atoms with Crippen LogP contribution in [0.15, 0.2) is 23.8 Å². The molecule has 0 aromatic carbocycles. The van der Waals surface area contributed by atoms with Crippen LogP contribution in [0.2, 0.25) is 0 Å². The summed E-state index contributed by atoms with van der Waals surface area (Å²) in [6.45, 7) is 1.98. The van der Waals surface area contributed by atoms with Crippen LogP contribution >= 0.6 is 0 Å². The third kappa shape index (κ3) is 3.00. The average molecular weight is 196 g/mol. The molecule has 0 amide bonds. The van der Waals surface area contributed by atoms with Crippen LogP contribution in [0.4, 0.5) is 0 Å². The van der Waals surface area contributed by atoms with Crippen molar-refractivity contribution >= 4 is 5.97 Å². The van der Waals surface area contributed by atoms with Gasteiger partial charge in [-0.3, -0.25) is 0 Å². The fraction of sp³-hybridized carbons (Fsp3) is 0.545. The second-order valence-corrected chi connectivity index (χ2v) is 3.29. The van der Waals surface area contributed by atoms with Crippen molar-refractivity contribution in [3.63, 3.8) is 0 Å². The Labute approximate surface area is 84.1 Å². The molecule has 0 bridgehead atoms. The zero-order valence-corrected chi connectivity index (χ0v) is 8.40. The van der Waals surface area contributed by atoms with Crippen LogP contribution < -0.4 is 0 Å². The summed E-state index contributed by atoms with van der Waals surface area (Å²) in [5.74, 6) is -0.336. The highest BCUT2D eigenvalue weighted by molar-refractivity contribution is 5.93. The van der Waals surface area contributed by atoms with Crippen LogP contribution in [0.3, 0.4) is 0 Å². The van der Waals surface area contributed by atoms with E-state index in [0.29, 0.717) is 5.57 Å². The summed E-state index contributed by atoms with van der Waals surface area (Å²) in [7, 11) is 0. The molecular formula is C11H16O3. The van der Waals surface area contributed by atoms with Crippen molar-refractivity contribution in [2.45, 2.75) is 32.3 Å². The van der Waals surface area contributed by atoms with Crippen molar-refractivity contribution in [3.8, 4) is 0 Å². The smallest absolute Gasteiger partial charge is 0.338 e. The van der Waals surface area contributed by atoms with Gasteiger partial charge >= 0.3 is 5.97 Å². The van der Waals surface area contributed by atoms with Gasteiger partial charge < -0.3 is 9.84 Å². The average Bonchev–Trinajstić information content (AvgIpc) is 2.54. The largest absolute Gasteiger partial charge is 0.452 e. The predicted molar refractivity (Wildman–Crippen MR) is 53.7 cm³/mol. The van der Waals surface area contributed by atoms with E-state index in [0.717, 1.165) is 19.3 Å². The molecule has 1 unspecified atom stereocenters. The summed E-state index contributed by atoms with van der Waals surface area (Å²) in [6, 6.07) is 0. The molecule has 0 aromatic rings. The van der Waals surface area contributed by atoms with Crippen molar-refractivity contribution in [2.24, 2.45) is 0 Å². The van der Waals surface area contributed by atoms with E-state index < -0.39 is 6.10 Å². The van der Waals surface area contributed by atoms with E-state index in [-0.39, 0.29) is 12.6 Å². The van der Waals surface area contributed by atoms with Crippen molar-refractivity contribution in [1.82, 2.24) is 0 Å².